The van der Waals surface area contributed by atoms with Crippen molar-refractivity contribution < 1.29 is 0 Å². The third-order valence-corrected chi connectivity index (χ3v) is 3.96. The molecule has 19 heavy (non-hydrogen) atoms. The molecule has 1 N–H and O–H groups in total. The Balaban J connectivity index is 1.90. The Morgan fingerprint density at radius 1 is 1.32 bits per heavy atom. The molecular formula is C16H21N3. The van der Waals surface area contributed by atoms with Crippen LogP contribution < -0.4 is 5.32 Å². The van der Waals surface area contributed by atoms with E-state index in [4.69, 9.17) is 0 Å². The summed E-state index contributed by atoms with van der Waals surface area (Å²) in [7, 11) is 0. The monoisotopic (exact) mass is 255 g/mol. The van der Waals surface area contributed by atoms with Crippen LogP contribution in [0, 0.1) is 0 Å². The van der Waals surface area contributed by atoms with E-state index in [1.165, 1.54) is 35.1 Å². The van der Waals surface area contributed by atoms with Crippen LogP contribution in [0.2, 0.25) is 0 Å². The van der Waals surface area contributed by atoms with Crippen LogP contribution >= 0.6 is 0 Å². The number of aryl methyl sites for hydroxylation is 2. The van der Waals surface area contributed by atoms with Crippen LogP contribution in [0.3, 0.4) is 0 Å². The number of aromatic nitrogens is 2. The fourth-order valence-electron chi connectivity index (χ4n) is 2.94. The van der Waals surface area contributed by atoms with E-state index in [1.807, 2.05) is 10.9 Å². The molecule has 1 unspecified atom stereocenters. The highest BCUT2D eigenvalue weighted by Crippen LogP contribution is 2.34. The minimum absolute atomic E-state index is 0.549. The van der Waals surface area contributed by atoms with Crippen molar-refractivity contribution in [2.45, 2.75) is 39.3 Å². The number of rotatable bonds is 4. The molecule has 0 bridgehead atoms. The molecular weight excluding hydrogens is 234 g/mol. The predicted molar refractivity (Wildman–Crippen MR) is 78.1 cm³/mol. The molecule has 1 atom stereocenters. The molecule has 1 aromatic heterocycles. The summed E-state index contributed by atoms with van der Waals surface area (Å²) in [6.07, 6.45) is 6.49. The summed E-state index contributed by atoms with van der Waals surface area (Å²) in [6.45, 7) is 6.24. The smallest absolute Gasteiger partial charge is 0.0568 e. The quantitative estimate of drug-likeness (QED) is 0.909. The van der Waals surface area contributed by atoms with E-state index < -0.39 is 0 Å². The molecule has 3 nitrogen and oxygen atoms in total. The van der Waals surface area contributed by atoms with Gasteiger partial charge in [-0.3, -0.25) is 4.68 Å². The maximum Gasteiger partial charge on any atom is 0.0568 e. The molecule has 0 spiro atoms. The van der Waals surface area contributed by atoms with Crippen molar-refractivity contribution in [1.82, 2.24) is 15.1 Å². The highest BCUT2D eigenvalue weighted by molar-refractivity contribution is 5.64. The van der Waals surface area contributed by atoms with Gasteiger partial charge in [0.2, 0.25) is 0 Å². The normalized spacial score (nSPS) is 17.7. The van der Waals surface area contributed by atoms with E-state index in [0.29, 0.717) is 6.04 Å². The molecule has 1 aliphatic rings. The Hall–Kier alpha value is -1.61. The van der Waals surface area contributed by atoms with Crippen molar-refractivity contribution in [1.29, 1.82) is 0 Å². The zero-order chi connectivity index (χ0) is 13.2. The predicted octanol–water partition coefficient (Wildman–Crippen LogP) is 3.17. The van der Waals surface area contributed by atoms with Gasteiger partial charge in [-0.25, -0.2) is 0 Å². The van der Waals surface area contributed by atoms with Gasteiger partial charge in [0.15, 0.2) is 0 Å². The van der Waals surface area contributed by atoms with Crippen molar-refractivity contribution >= 4 is 0 Å². The van der Waals surface area contributed by atoms with Gasteiger partial charge in [-0.2, -0.15) is 5.10 Å². The minimum Gasteiger partial charge on any atom is -0.310 e. The van der Waals surface area contributed by atoms with E-state index in [2.05, 4.69) is 48.7 Å². The Labute approximate surface area is 114 Å². The summed E-state index contributed by atoms with van der Waals surface area (Å²) in [5.74, 6) is 0. The number of nitrogens with zero attached hydrogens (tertiary/aromatic N) is 2. The van der Waals surface area contributed by atoms with Crippen molar-refractivity contribution in [2.75, 3.05) is 6.54 Å². The van der Waals surface area contributed by atoms with Gasteiger partial charge < -0.3 is 5.32 Å². The van der Waals surface area contributed by atoms with E-state index in [-0.39, 0.29) is 0 Å². The molecule has 2 aromatic rings. The lowest BCUT2D eigenvalue weighted by Gasteiger charge is -2.12. The fraction of sp³-hybridized carbons (Fsp3) is 0.438. The highest BCUT2D eigenvalue weighted by atomic mass is 15.3. The lowest BCUT2D eigenvalue weighted by Crippen LogP contribution is -2.18. The topological polar surface area (TPSA) is 29.9 Å². The van der Waals surface area contributed by atoms with E-state index in [0.717, 1.165) is 13.1 Å². The molecule has 1 heterocycles. The van der Waals surface area contributed by atoms with Gasteiger partial charge in [-0.15, -0.1) is 0 Å². The maximum absolute atomic E-state index is 4.35. The second-order valence-corrected chi connectivity index (χ2v) is 5.15. The van der Waals surface area contributed by atoms with E-state index in [9.17, 15) is 0 Å². The Morgan fingerprint density at radius 2 is 2.21 bits per heavy atom. The summed E-state index contributed by atoms with van der Waals surface area (Å²) in [5, 5.41) is 7.91. The Morgan fingerprint density at radius 3 is 2.95 bits per heavy atom. The number of hydrogen-bond donors (Lipinski definition) is 1. The van der Waals surface area contributed by atoms with Crippen molar-refractivity contribution in [3.05, 3.63) is 41.7 Å². The fourth-order valence-corrected chi connectivity index (χ4v) is 2.94. The Kier molecular flexibility index (Phi) is 3.38. The molecule has 0 radical (unpaired) electrons. The van der Waals surface area contributed by atoms with Gasteiger partial charge >= 0.3 is 0 Å². The first kappa shape index (κ1) is 12.4. The number of hydrogen-bond acceptors (Lipinski definition) is 2. The summed E-state index contributed by atoms with van der Waals surface area (Å²) in [4.78, 5) is 0. The van der Waals surface area contributed by atoms with Crippen molar-refractivity contribution in [2.24, 2.45) is 0 Å². The summed E-state index contributed by atoms with van der Waals surface area (Å²) in [5.41, 5.74) is 5.48. The molecule has 100 valence electrons. The number of benzene rings is 1. The second kappa shape index (κ2) is 5.17. The average molecular weight is 255 g/mol. The highest BCUT2D eigenvalue weighted by Gasteiger charge is 2.21. The van der Waals surface area contributed by atoms with Crippen LogP contribution in [-0.4, -0.2) is 16.3 Å². The third kappa shape index (κ3) is 2.30. The first-order chi connectivity index (χ1) is 9.31. The van der Waals surface area contributed by atoms with Gasteiger partial charge in [-0.05, 0) is 43.0 Å². The largest absolute Gasteiger partial charge is 0.310 e. The molecule has 0 saturated heterocycles. The van der Waals surface area contributed by atoms with E-state index in [1.54, 1.807) is 0 Å². The van der Waals surface area contributed by atoms with Crippen LogP contribution in [-0.2, 0) is 13.0 Å². The van der Waals surface area contributed by atoms with E-state index >= 15 is 0 Å². The number of fused-ring (bicyclic) bond motifs is 1. The zero-order valence-corrected chi connectivity index (χ0v) is 11.7. The maximum atomic E-state index is 4.35. The molecule has 0 saturated carbocycles. The van der Waals surface area contributed by atoms with Crippen LogP contribution in [0.4, 0.5) is 0 Å². The standard InChI is InChI=1S/C16H21N3/c1-3-17-16-8-6-13-9-12(5-7-15(13)16)14-10-18-19(4-2)11-14/h5,7,9-11,16-17H,3-4,6,8H2,1-2H3. The van der Waals surface area contributed by atoms with Gasteiger partial charge in [0.1, 0.15) is 0 Å². The van der Waals surface area contributed by atoms with Crippen molar-refractivity contribution in [3.8, 4) is 11.1 Å². The second-order valence-electron chi connectivity index (χ2n) is 5.15. The lowest BCUT2D eigenvalue weighted by molar-refractivity contribution is 0.549. The molecule has 0 fully saturated rings. The Bertz CT molecular complexity index is 571. The molecule has 0 amide bonds. The van der Waals surface area contributed by atoms with Crippen LogP contribution in [0.15, 0.2) is 30.6 Å². The molecule has 1 aromatic carbocycles. The van der Waals surface area contributed by atoms with Gasteiger partial charge in [-0.1, -0.05) is 25.1 Å². The molecule has 0 aliphatic heterocycles. The van der Waals surface area contributed by atoms with Gasteiger partial charge in [0.25, 0.3) is 0 Å². The molecule has 1 aliphatic carbocycles. The SMILES string of the molecule is CCNC1CCc2cc(-c3cnn(CC)c3)ccc21. The summed E-state index contributed by atoms with van der Waals surface area (Å²) >= 11 is 0. The van der Waals surface area contributed by atoms with Crippen molar-refractivity contribution in [3.63, 3.8) is 0 Å². The minimum atomic E-state index is 0.549. The summed E-state index contributed by atoms with van der Waals surface area (Å²) < 4.78 is 1.98. The number of nitrogens with one attached hydrogen (secondary N) is 1. The lowest BCUT2D eigenvalue weighted by atomic mass is 10.0. The zero-order valence-electron chi connectivity index (χ0n) is 11.7. The van der Waals surface area contributed by atoms with Gasteiger partial charge in [0.05, 0.1) is 6.20 Å². The third-order valence-electron chi connectivity index (χ3n) is 3.96. The van der Waals surface area contributed by atoms with Gasteiger partial charge in [0, 0.05) is 24.3 Å². The average Bonchev–Trinajstić information content (AvgIpc) is 3.05. The first-order valence-electron chi connectivity index (χ1n) is 7.20. The van der Waals surface area contributed by atoms with Crippen LogP contribution in [0.1, 0.15) is 37.4 Å². The molecule has 3 rings (SSSR count). The van der Waals surface area contributed by atoms with Crippen LogP contribution in [0.5, 0.6) is 0 Å². The first-order valence-corrected chi connectivity index (χ1v) is 7.20. The van der Waals surface area contributed by atoms with Crippen LogP contribution in [0.25, 0.3) is 11.1 Å². The summed E-state index contributed by atoms with van der Waals surface area (Å²) in [6, 6.07) is 7.40. The molecule has 3 heteroatoms.